The molecule has 0 amide bonds. The van der Waals surface area contributed by atoms with Gasteiger partial charge < -0.3 is 14.4 Å². The lowest BCUT2D eigenvalue weighted by Crippen LogP contribution is -2.41. The van der Waals surface area contributed by atoms with Crippen LogP contribution >= 0.6 is 0 Å². The van der Waals surface area contributed by atoms with Gasteiger partial charge in [0.1, 0.15) is 5.75 Å². The van der Waals surface area contributed by atoms with E-state index < -0.39 is 71.6 Å². The molecule has 14 aromatic rings. The zero-order chi connectivity index (χ0) is 78.2. The topological polar surface area (TPSA) is 272 Å². The number of benzene rings is 3. The van der Waals surface area contributed by atoms with Gasteiger partial charge in [-0.2, -0.15) is 58.1 Å². The molecule has 4 fully saturated rings. The number of aromatic nitrogens is 14. The summed E-state index contributed by atoms with van der Waals surface area (Å²) in [6.45, 7) is 9.45. The number of fused-ring (bicyclic) bond motifs is 3. The maximum atomic E-state index is 14.6. The number of hydrogen-bond acceptors (Lipinski definition) is 17. The van der Waals surface area contributed by atoms with Gasteiger partial charge in [-0.05, 0) is 191 Å². The Morgan fingerprint density at radius 2 is 0.766 bits per heavy atom. The number of phenols is 1. The summed E-state index contributed by atoms with van der Waals surface area (Å²) in [5, 5.41) is 35.6. The number of aryl methyl sites for hydroxylation is 4. The van der Waals surface area contributed by atoms with Gasteiger partial charge in [0.2, 0.25) is 23.8 Å². The highest BCUT2D eigenvalue weighted by Crippen LogP contribution is 2.41. The predicted molar refractivity (Wildman–Crippen MR) is 415 cm³/mol. The molecular weight excluding hydrogens is 1480 g/mol. The van der Waals surface area contributed by atoms with Crippen molar-refractivity contribution in [1.29, 1.82) is 0 Å². The Balaban J connectivity index is 0.000000121. The van der Waals surface area contributed by atoms with Gasteiger partial charge in [0.05, 0.1) is 97.9 Å². The third-order valence-electron chi connectivity index (χ3n) is 20.4. The fourth-order valence-corrected chi connectivity index (χ4v) is 18.6. The van der Waals surface area contributed by atoms with Crippen LogP contribution in [-0.4, -0.2) is 133 Å². The minimum absolute atomic E-state index is 0.0508. The van der Waals surface area contributed by atoms with E-state index >= 15 is 0 Å². The number of phenolic OH excluding ortho intramolecular Hbond substituents is 1. The number of nitrogens with zero attached hydrogens (tertiary/aromatic N) is 14. The van der Waals surface area contributed by atoms with Crippen LogP contribution in [0.1, 0.15) is 88.5 Å². The number of pyridine rings is 5. The normalized spacial score (nSPS) is 15.5. The lowest BCUT2D eigenvalue weighted by Gasteiger charge is -2.32. The van der Waals surface area contributed by atoms with Crippen LogP contribution in [0.4, 0.5) is 17.6 Å². The molecule has 18 rings (SSSR count). The molecule has 0 spiro atoms. The first-order valence-electron chi connectivity index (χ1n) is 35.9. The van der Waals surface area contributed by atoms with Crippen molar-refractivity contribution in [3.05, 3.63) is 236 Å². The van der Waals surface area contributed by atoms with Crippen LogP contribution in [0.2, 0.25) is 0 Å². The number of rotatable bonds is 17. The van der Waals surface area contributed by atoms with Gasteiger partial charge in [-0.1, -0.05) is 42.0 Å². The van der Waals surface area contributed by atoms with E-state index in [0.717, 1.165) is 127 Å². The number of halogens is 4. The molecule has 111 heavy (non-hydrogen) atoms. The van der Waals surface area contributed by atoms with Crippen LogP contribution in [0.3, 0.4) is 0 Å². The molecule has 570 valence electrons. The zero-order valence-electron chi connectivity index (χ0n) is 61.8. The maximum Gasteiger partial charge on any atom is 0.499 e. The highest BCUT2D eigenvalue weighted by Gasteiger charge is 2.53. The zero-order valence-corrected chi connectivity index (χ0v) is 64.2. The van der Waals surface area contributed by atoms with Crippen molar-refractivity contribution in [2.75, 3.05) is 0 Å². The molecule has 1 aliphatic heterocycles. The third kappa shape index (κ3) is 16.6. The summed E-state index contributed by atoms with van der Waals surface area (Å²) in [5.74, 6) is -3.68. The lowest BCUT2D eigenvalue weighted by molar-refractivity contribution is 0.00578. The second kappa shape index (κ2) is 29.4. The smallest absolute Gasteiger partial charge is 0.499 e. The van der Waals surface area contributed by atoms with E-state index in [4.69, 9.17) is 9.31 Å². The maximum absolute atomic E-state index is 14.6. The van der Waals surface area contributed by atoms with Gasteiger partial charge in [0.25, 0.3) is 0 Å². The second-order valence-electron chi connectivity index (χ2n) is 29.7. The van der Waals surface area contributed by atoms with Crippen LogP contribution in [-0.2, 0) is 77.2 Å². The quantitative estimate of drug-likeness (QED) is 0.0504. The molecule has 0 atom stereocenters. The van der Waals surface area contributed by atoms with Crippen LogP contribution in [0.15, 0.2) is 190 Å². The molecular formula is C80H77BF4N14O9S3. The molecule has 0 unspecified atom stereocenters. The molecule has 3 aliphatic carbocycles. The van der Waals surface area contributed by atoms with Gasteiger partial charge in [-0.3, -0.25) is 14.0 Å². The molecule has 1 saturated heterocycles. The average molecular weight is 1560 g/mol. The van der Waals surface area contributed by atoms with Gasteiger partial charge >= 0.3 is 7.12 Å². The summed E-state index contributed by atoms with van der Waals surface area (Å²) < 4.78 is 151. The van der Waals surface area contributed by atoms with Crippen molar-refractivity contribution in [1.82, 2.24) is 68.2 Å². The number of hydrogen-bond donors (Lipinski definition) is 1. The van der Waals surface area contributed by atoms with Gasteiger partial charge in [0, 0.05) is 119 Å². The summed E-state index contributed by atoms with van der Waals surface area (Å²) in [7, 11) is -4.76. The van der Waals surface area contributed by atoms with E-state index in [-0.39, 0.29) is 49.8 Å². The fourth-order valence-electron chi connectivity index (χ4n) is 13.5. The Labute approximate surface area is 638 Å². The van der Waals surface area contributed by atoms with E-state index in [9.17, 15) is 47.9 Å². The highest BCUT2D eigenvalue weighted by molar-refractivity contribution is 7.92. The molecule has 3 aromatic carbocycles. The predicted octanol–water partition coefficient (Wildman–Crippen LogP) is 13.5. The molecule has 12 heterocycles. The van der Waals surface area contributed by atoms with E-state index in [1.54, 1.807) is 72.1 Å². The first kappa shape index (κ1) is 75.4. The molecule has 3 saturated carbocycles. The van der Waals surface area contributed by atoms with E-state index in [0.29, 0.717) is 35.1 Å². The van der Waals surface area contributed by atoms with Crippen molar-refractivity contribution in [3.63, 3.8) is 0 Å². The molecule has 0 bridgehead atoms. The lowest BCUT2D eigenvalue weighted by atomic mass is 9.80. The van der Waals surface area contributed by atoms with E-state index in [1.165, 1.54) is 18.2 Å². The summed E-state index contributed by atoms with van der Waals surface area (Å²) in [4.78, 5) is 6.42. The Bertz CT molecular complexity index is 6080. The Morgan fingerprint density at radius 1 is 0.405 bits per heavy atom. The minimum Gasteiger partial charge on any atom is -0.508 e. The summed E-state index contributed by atoms with van der Waals surface area (Å²) in [5.41, 5.74) is 16.2. The largest absolute Gasteiger partial charge is 0.508 e. The summed E-state index contributed by atoms with van der Waals surface area (Å²) in [6.07, 6.45) is 26.7. The number of sulfone groups is 3. The van der Waals surface area contributed by atoms with Crippen LogP contribution in [0, 0.1) is 30.7 Å². The Morgan fingerprint density at radius 3 is 1.14 bits per heavy atom. The van der Waals surface area contributed by atoms with Crippen molar-refractivity contribution in [2.24, 2.45) is 21.1 Å². The first-order valence-corrected chi connectivity index (χ1v) is 41.0. The molecule has 4 aliphatic rings. The number of aromatic hydroxyl groups is 1. The Hall–Kier alpha value is -11.0. The highest BCUT2D eigenvalue weighted by atomic mass is 32.2. The average Bonchev–Trinajstić information content (AvgIpc) is 1.68. The van der Waals surface area contributed by atoms with E-state index in [1.807, 2.05) is 158 Å². The molecule has 31 heteroatoms. The van der Waals surface area contributed by atoms with Gasteiger partial charge in [-0.25, -0.2) is 38.8 Å². The summed E-state index contributed by atoms with van der Waals surface area (Å²) >= 11 is 0. The van der Waals surface area contributed by atoms with Crippen molar-refractivity contribution in [3.8, 4) is 83.6 Å². The Kier molecular flexibility index (Phi) is 19.9. The van der Waals surface area contributed by atoms with Crippen LogP contribution < -0.4 is 5.46 Å². The SMILES string of the molecule is CC1(C)OB(c2ccc(F)nc2F)OC1(C)C.Cc1cc(CS(=O)(=O)C2CC2)cc(-c2cnn3cc(-c4cnn(C)c4)ccc23)c1.Cn1cc(-c2ccc3c(-c4cc(CS(=O)(=O)C5CC5)cc(-c5ccc(F)nc5F)c4)cnn3c2)cn1.Cn1cc(-c2ccc3c(-c4cc(O)cc(CS(=O)(=O)C5CC5)c4)cnn3c2)cn1. The monoisotopic (exact) mass is 1560 g/mol. The van der Waals surface area contributed by atoms with E-state index in [2.05, 4.69) is 52.7 Å². The third-order valence-corrected chi connectivity index (χ3v) is 27.0. The van der Waals surface area contributed by atoms with Crippen LogP contribution in [0.5, 0.6) is 5.75 Å². The van der Waals surface area contributed by atoms with Crippen LogP contribution in [0.25, 0.3) is 94.4 Å². The fraction of sp³-hybridized carbons (Fsp3) is 0.275. The molecule has 23 nitrogen and oxygen atoms in total. The van der Waals surface area contributed by atoms with Gasteiger partial charge in [0.15, 0.2) is 29.5 Å². The summed E-state index contributed by atoms with van der Waals surface area (Å²) in [6, 6.07) is 32.9. The van der Waals surface area contributed by atoms with Crippen molar-refractivity contribution >= 4 is 58.6 Å². The van der Waals surface area contributed by atoms with Gasteiger partial charge in [-0.15, -0.1) is 0 Å². The first-order chi connectivity index (χ1) is 52.8. The molecule has 11 aromatic heterocycles. The molecule has 0 radical (unpaired) electrons. The van der Waals surface area contributed by atoms with Crippen molar-refractivity contribution in [2.45, 2.75) is 117 Å². The molecule has 1 N–H and O–H groups in total. The van der Waals surface area contributed by atoms with Crippen molar-refractivity contribution < 1.29 is 57.2 Å². The standard InChI is InChI=1S/C26H21F2N5O2S.C22H22N4O2S.C21H20N4O3S.C11H14BF2NO2/c1-32-13-20(11-29-32)17-2-6-24-23(12-30-33(24)14-17)19-9-16(15-36(34,35)21-3-4-21)8-18(10-19)22-5-7-25(27)31-26(22)28;1-15-7-16(14-29(27,28)20-4-5-20)9-18(8-15)21-11-24-26-13-17(3-6-22(21)26)19-10-23-25(2)12-19;1-24-11-17(9-22-24)15-2-5-21-20(10-23-25(21)12-15)16-6-14(7-18(26)8-16)13-29(27,28)19-3-4-19;1-10(2)11(3,4)17-12(16-10)7-5-6-8(13)15-9(7)14/h2,5-14,21H,3-4,15H2,1H3;3,6-13,20H,4-5,14H2,1-2H3;2,5-12,19,26H,3-4,13H2,1H3;5-6H,1-4H3. The second-order valence-corrected chi connectivity index (χ2v) is 36.6. The minimum atomic E-state index is -3.32.